The van der Waals surface area contributed by atoms with Gasteiger partial charge in [0.15, 0.2) is 17.0 Å². The van der Waals surface area contributed by atoms with Crippen LogP contribution in [-0.4, -0.2) is 62.9 Å². The number of Topliss-reactive ketones (excluding diaryl/α,β-unsaturated/α-hetero) is 2. The Hall–Kier alpha value is -3.95. The van der Waals surface area contributed by atoms with E-state index in [0.717, 1.165) is 12.0 Å². The smallest absolute Gasteiger partial charge is 0.330 e. The first kappa shape index (κ1) is 33.9. The third-order valence-corrected chi connectivity index (χ3v) is 10.9. The number of carbonyl (C=O) groups is 3. The lowest BCUT2D eigenvalue weighted by Crippen LogP contribution is -2.77. The summed E-state index contributed by atoms with van der Waals surface area (Å²) in [5.74, 6) is -2.25. The van der Waals surface area contributed by atoms with Crippen molar-refractivity contribution in [1.82, 2.24) is 0 Å². The van der Waals surface area contributed by atoms with Crippen LogP contribution in [0.25, 0.3) is 6.08 Å². The number of fused-ring (bicyclic) bond motifs is 2. The minimum atomic E-state index is -1.79. The van der Waals surface area contributed by atoms with Crippen molar-refractivity contribution in [2.24, 2.45) is 5.92 Å². The van der Waals surface area contributed by atoms with Crippen molar-refractivity contribution in [2.45, 2.75) is 115 Å². The van der Waals surface area contributed by atoms with Crippen LogP contribution in [0.2, 0.25) is 0 Å². The van der Waals surface area contributed by atoms with Gasteiger partial charge in [0.2, 0.25) is 5.78 Å². The largest absolute Gasteiger partial charge is 0.506 e. The Kier molecular flexibility index (Phi) is 7.80. The molecule has 3 heterocycles. The van der Waals surface area contributed by atoms with Crippen molar-refractivity contribution >= 4 is 23.6 Å². The molecule has 1 spiro atoms. The number of benzene rings is 1. The molecule has 0 radical (unpaired) electrons. The highest BCUT2D eigenvalue weighted by molar-refractivity contribution is 6.20. The van der Waals surface area contributed by atoms with E-state index >= 15 is 0 Å². The lowest BCUT2D eigenvalue weighted by molar-refractivity contribution is -0.190. The molecular weight excluding hydrogens is 612 g/mol. The fourth-order valence-electron chi connectivity index (χ4n) is 8.38. The summed E-state index contributed by atoms with van der Waals surface area (Å²) >= 11 is 0. The molecule has 3 aliphatic heterocycles. The number of ketones is 2. The van der Waals surface area contributed by atoms with E-state index < -0.39 is 51.5 Å². The number of carboxylic acids is 1. The predicted octanol–water partition coefficient (Wildman–Crippen LogP) is 7.01. The predicted molar refractivity (Wildman–Crippen MR) is 181 cm³/mol. The van der Waals surface area contributed by atoms with E-state index in [-0.39, 0.29) is 41.1 Å². The number of allylic oxidation sites excluding steroid dienone is 4. The van der Waals surface area contributed by atoms with Crippen molar-refractivity contribution in [3.63, 3.8) is 0 Å². The van der Waals surface area contributed by atoms with Crippen LogP contribution in [-0.2, 0) is 25.5 Å². The molecule has 48 heavy (non-hydrogen) atoms. The molecule has 6 aliphatic rings. The highest BCUT2D eigenvalue weighted by atomic mass is 16.6. The van der Waals surface area contributed by atoms with E-state index in [1.165, 1.54) is 25.7 Å². The SMILES string of the molecule is CO[C@@]12C=C3C(=O)c4c(O)c5c(c(CC=C(C)C)c4O[C@@]34[C@@H](C1)C(C)(C)O[C@@]4(C/C=C(/C)C(=O)O)C2=O)O[C@@](C)(CCC=C(C)C)C=C5. The van der Waals surface area contributed by atoms with E-state index in [9.17, 15) is 24.6 Å². The molecule has 2 fully saturated rings. The first-order valence-corrected chi connectivity index (χ1v) is 16.6. The molecule has 3 aliphatic carbocycles. The lowest BCUT2D eigenvalue weighted by Gasteiger charge is -2.59. The molecule has 1 aromatic rings. The van der Waals surface area contributed by atoms with Crippen LogP contribution in [0.4, 0.5) is 0 Å². The molecule has 2 N–H and O–H groups in total. The molecule has 1 saturated heterocycles. The highest BCUT2D eigenvalue weighted by Crippen LogP contribution is 2.70. The van der Waals surface area contributed by atoms with E-state index in [0.29, 0.717) is 29.7 Å². The summed E-state index contributed by atoms with van der Waals surface area (Å²) in [6.45, 7) is 15.2. The number of hydrogen-bond acceptors (Lipinski definition) is 8. The first-order valence-electron chi connectivity index (χ1n) is 16.6. The number of phenols is 1. The Bertz CT molecular complexity index is 1800. The summed E-state index contributed by atoms with van der Waals surface area (Å²) in [5, 5.41) is 21.6. The van der Waals surface area contributed by atoms with Crippen LogP contribution in [0.1, 0.15) is 103 Å². The van der Waals surface area contributed by atoms with Crippen molar-refractivity contribution in [3.05, 3.63) is 69.4 Å². The van der Waals surface area contributed by atoms with Gasteiger partial charge in [0.05, 0.1) is 11.2 Å². The van der Waals surface area contributed by atoms with Crippen molar-refractivity contribution in [2.75, 3.05) is 7.11 Å². The molecular formula is C39H46O9. The summed E-state index contributed by atoms with van der Waals surface area (Å²) < 4.78 is 26.6. The minimum Gasteiger partial charge on any atom is -0.506 e. The standard InChI is InChI=1S/C39H46O9/c1-21(2)11-10-16-36(8)17-15-24-29(40)28-30(41)26-19-37(45-9)20-27-35(6,7)48-38(34(37)44,18-14-23(5)33(42)43)39(26,27)47-32(28)25(31(24)46-36)13-12-22(3)4/h11-12,14-15,17,19,27,40H,10,13,16,18,20H2,1-9H3,(H,42,43)/b23-14-/t27-,36-,37-,38-,39+/m0/s1. The second-order valence-electron chi connectivity index (χ2n) is 15.2. The van der Waals surface area contributed by atoms with Crippen LogP contribution >= 0.6 is 0 Å². The van der Waals surface area contributed by atoms with Crippen molar-refractivity contribution in [1.29, 1.82) is 0 Å². The Morgan fingerprint density at radius 2 is 1.71 bits per heavy atom. The molecule has 0 amide bonds. The summed E-state index contributed by atoms with van der Waals surface area (Å²) in [6, 6.07) is 0. The molecule has 9 heteroatoms. The van der Waals surface area contributed by atoms with Crippen molar-refractivity contribution in [3.8, 4) is 17.2 Å². The summed E-state index contributed by atoms with van der Waals surface area (Å²) in [5.41, 5.74) is -3.15. The van der Waals surface area contributed by atoms with Gasteiger partial charge in [-0.25, -0.2) is 4.79 Å². The van der Waals surface area contributed by atoms with Crippen LogP contribution in [0.15, 0.2) is 52.7 Å². The molecule has 1 saturated carbocycles. The quantitative estimate of drug-likeness (QED) is 0.213. The molecule has 1 aromatic carbocycles. The maximum Gasteiger partial charge on any atom is 0.330 e. The van der Waals surface area contributed by atoms with E-state index in [4.69, 9.17) is 18.9 Å². The first-order chi connectivity index (χ1) is 22.4. The van der Waals surface area contributed by atoms with Gasteiger partial charge in [-0.15, -0.1) is 0 Å². The number of phenolic OH excluding ortho intramolecular Hbond substituents is 1. The Labute approximate surface area is 282 Å². The fourth-order valence-corrected chi connectivity index (χ4v) is 8.38. The minimum absolute atomic E-state index is 0.0000390. The molecule has 7 rings (SSSR count). The Morgan fingerprint density at radius 1 is 1.02 bits per heavy atom. The average Bonchev–Trinajstić information content (AvgIpc) is 3.16. The van der Waals surface area contributed by atoms with Gasteiger partial charge in [-0.1, -0.05) is 29.4 Å². The van der Waals surface area contributed by atoms with Gasteiger partial charge >= 0.3 is 5.97 Å². The normalized spacial score (nSPS) is 32.0. The molecule has 5 atom stereocenters. The zero-order valence-electron chi connectivity index (χ0n) is 29.3. The van der Waals surface area contributed by atoms with E-state index in [2.05, 4.69) is 19.9 Å². The second kappa shape index (κ2) is 11.0. The van der Waals surface area contributed by atoms with Crippen LogP contribution in [0.3, 0.4) is 0 Å². The zero-order chi connectivity index (χ0) is 35.2. The van der Waals surface area contributed by atoms with E-state index in [1.54, 1.807) is 6.08 Å². The molecule has 9 nitrogen and oxygen atoms in total. The molecule has 0 unspecified atom stereocenters. The maximum absolute atomic E-state index is 14.9. The zero-order valence-corrected chi connectivity index (χ0v) is 29.3. The summed E-state index contributed by atoms with van der Waals surface area (Å²) in [7, 11) is 1.43. The monoisotopic (exact) mass is 658 g/mol. The number of hydrogen-bond donors (Lipinski definition) is 2. The number of carbonyl (C=O) groups excluding carboxylic acids is 2. The van der Waals surface area contributed by atoms with Gasteiger partial charge in [0.1, 0.15) is 34.0 Å². The number of aliphatic carboxylic acids is 1. The Morgan fingerprint density at radius 3 is 2.33 bits per heavy atom. The van der Waals surface area contributed by atoms with Crippen LogP contribution in [0, 0.1) is 5.92 Å². The second-order valence-corrected chi connectivity index (χ2v) is 15.2. The highest BCUT2D eigenvalue weighted by Gasteiger charge is 2.84. The fraction of sp³-hybridized carbons (Fsp3) is 0.513. The Balaban J connectivity index is 1.63. The topological polar surface area (TPSA) is 129 Å². The van der Waals surface area contributed by atoms with Crippen LogP contribution < -0.4 is 9.47 Å². The molecule has 256 valence electrons. The summed E-state index contributed by atoms with van der Waals surface area (Å²) in [6.07, 6.45) is 12.8. The van der Waals surface area contributed by atoms with Gasteiger partial charge in [-0.05, 0) is 99.3 Å². The average molecular weight is 659 g/mol. The lowest BCUT2D eigenvalue weighted by atomic mass is 9.49. The van der Waals surface area contributed by atoms with Crippen LogP contribution in [0.5, 0.6) is 17.2 Å². The van der Waals surface area contributed by atoms with Gasteiger partial charge in [0, 0.05) is 36.2 Å². The number of rotatable bonds is 9. The van der Waals surface area contributed by atoms with Gasteiger partial charge in [-0.3, -0.25) is 9.59 Å². The number of carboxylic acid groups (broad SMARTS) is 1. The molecule has 0 aromatic heterocycles. The van der Waals surface area contributed by atoms with Gasteiger partial charge in [0.25, 0.3) is 0 Å². The maximum atomic E-state index is 14.9. The third-order valence-electron chi connectivity index (χ3n) is 10.9. The number of ether oxygens (including phenoxy) is 4. The number of methoxy groups -OCH3 is 1. The number of aromatic hydroxyl groups is 1. The van der Waals surface area contributed by atoms with Gasteiger partial charge in [-0.2, -0.15) is 0 Å². The van der Waals surface area contributed by atoms with E-state index in [1.807, 2.05) is 52.8 Å². The van der Waals surface area contributed by atoms with Crippen molar-refractivity contribution < 1.29 is 43.5 Å². The summed E-state index contributed by atoms with van der Waals surface area (Å²) in [4.78, 5) is 41.5. The van der Waals surface area contributed by atoms with Gasteiger partial charge < -0.3 is 29.2 Å². The molecule has 4 bridgehead atoms. The third kappa shape index (κ3) is 4.60.